The molecule has 2 aromatic carbocycles. The van der Waals surface area contributed by atoms with E-state index in [0.29, 0.717) is 12.0 Å². The molecule has 4 nitrogen and oxygen atoms in total. The van der Waals surface area contributed by atoms with Crippen LogP contribution < -0.4 is 0 Å². The first-order valence-electron chi connectivity index (χ1n) is 7.85. The van der Waals surface area contributed by atoms with E-state index in [0.717, 1.165) is 0 Å². The number of rotatable bonds is 4. The first-order valence-corrected chi connectivity index (χ1v) is 9.67. The molecule has 7 heteroatoms. The van der Waals surface area contributed by atoms with E-state index < -0.39 is 33.4 Å². The molecule has 132 valence electrons. The Hall–Kier alpha value is -2.28. The summed E-state index contributed by atoms with van der Waals surface area (Å²) in [7, 11) is -3.19. The number of benzene rings is 2. The molecule has 2 aromatic rings. The second-order valence-electron chi connectivity index (χ2n) is 6.13. The molecule has 1 unspecified atom stereocenters. The lowest BCUT2D eigenvalue weighted by Crippen LogP contribution is -2.40. The molecule has 1 heterocycles. The van der Waals surface area contributed by atoms with Gasteiger partial charge < -0.3 is 4.90 Å². The van der Waals surface area contributed by atoms with E-state index in [-0.39, 0.29) is 23.6 Å². The molecule has 0 aromatic heterocycles. The summed E-state index contributed by atoms with van der Waals surface area (Å²) in [6, 6.07) is 10.4. The van der Waals surface area contributed by atoms with Crippen molar-refractivity contribution in [2.24, 2.45) is 0 Å². The monoisotopic (exact) mass is 365 g/mol. The minimum Gasteiger partial charge on any atom is -0.330 e. The molecule has 1 aliphatic heterocycles. The second-order valence-corrected chi connectivity index (χ2v) is 8.36. The maximum Gasteiger partial charge on any atom is 0.254 e. The van der Waals surface area contributed by atoms with Gasteiger partial charge >= 0.3 is 0 Å². The Morgan fingerprint density at radius 3 is 2.40 bits per heavy atom. The molecular weight excluding hydrogens is 348 g/mol. The third kappa shape index (κ3) is 4.22. The van der Waals surface area contributed by atoms with E-state index in [1.807, 2.05) is 0 Å². The van der Waals surface area contributed by atoms with Crippen LogP contribution in [-0.2, 0) is 16.4 Å². The largest absolute Gasteiger partial charge is 0.330 e. The highest BCUT2D eigenvalue weighted by Crippen LogP contribution is 2.23. The van der Waals surface area contributed by atoms with Crippen molar-refractivity contribution >= 4 is 15.7 Å². The standard InChI is InChI=1S/C18H17F2NO3S/c19-15-6-4-14(5-7-15)18(22)21(17-8-9-25(23,24)12-17)11-13-2-1-3-16(20)10-13/h1-7,10,17H,8-9,11-12H2. The Morgan fingerprint density at radius 1 is 1.08 bits per heavy atom. The number of sulfone groups is 1. The molecule has 3 rings (SSSR count). The number of halogens is 2. The average Bonchev–Trinajstić information content (AvgIpc) is 2.92. The first kappa shape index (κ1) is 17.5. The van der Waals surface area contributed by atoms with Gasteiger partial charge in [0.05, 0.1) is 11.5 Å². The van der Waals surface area contributed by atoms with Crippen LogP contribution in [0.2, 0.25) is 0 Å². The summed E-state index contributed by atoms with van der Waals surface area (Å²) < 4.78 is 50.2. The van der Waals surface area contributed by atoms with E-state index in [9.17, 15) is 22.0 Å². The van der Waals surface area contributed by atoms with Crippen LogP contribution in [0, 0.1) is 11.6 Å². The highest BCUT2D eigenvalue weighted by atomic mass is 32.2. The van der Waals surface area contributed by atoms with Crippen molar-refractivity contribution in [1.82, 2.24) is 4.90 Å². The zero-order valence-electron chi connectivity index (χ0n) is 13.4. The van der Waals surface area contributed by atoms with Crippen LogP contribution >= 0.6 is 0 Å². The number of carbonyl (C=O) groups excluding carboxylic acids is 1. The number of carbonyl (C=O) groups is 1. The first-order chi connectivity index (χ1) is 11.8. The maximum absolute atomic E-state index is 13.4. The van der Waals surface area contributed by atoms with Crippen molar-refractivity contribution in [1.29, 1.82) is 0 Å². The summed E-state index contributed by atoms with van der Waals surface area (Å²) in [6.07, 6.45) is 0.338. The number of amides is 1. The van der Waals surface area contributed by atoms with Crippen LogP contribution in [0.15, 0.2) is 48.5 Å². The van der Waals surface area contributed by atoms with Crippen LogP contribution in [0.25, 0.3) is 0 Å². The van der Waals surface area contributed by atoms with Crippen LogP contribution in [-0.4, -0.2) is 36.8 Å². The lowest BCUT2D eigenvalue weighted by molar-refractivity contribution is 0.0680. The molecule has 25 heavy (non-hydrogen) atoms. The quantitative estimate of drug-likeness (QED) is 0.837. The Balaban J connectivity index is 1.91. The Morgan fingerprint density at radius 2 is 1.80 bits per heavy atom. The van der Waals surface area contributed by atoms with Gasteiger partial charge in [-0.3, -0.25) is 4.79 Å². The Bertz CT molecular complexity index is 881. The van der Waals surface area contributed by atoms with Gasteiger partial charge in [-0.1, -0.05) is 12.1 Å². The summed E-state index contributed by atoms with van der Waals surface area (Å²) in [4.78, 5) is 14.3. The lowest BCUT2D eigenvalue weighted by Gasteiger charge is -2.28. The van der Waals surface area contributed by atoms with Gasteiger partial charge in [0.2, 0.25) is 0 Å². The van der Waals surface area contributed by atoms with Crippen molar-refractivity contribution in [3.8, 4) is 0 Å². The summed E-state index contributed by atoms with van der Waals surface area (Å²) in [5.74, 6) is -1.38. The molecule has 0 bridgehead atoms. The van der Waals surface area contributed by atoms with E-state index in [2.05, 4.69) is 0 Å². The van der Waals surface area contributed by atoms with E-state index in [1.165, 1.54) is 47.4 Å². The van der Waals surface area contributed by atoms with Gasteiger partial charge in [-0.25, -0.2) is 17.2 Å². The van der Waals surface area contributed by atoms with Crippen LogP contribution in [0.3, 0.4) is 0 Å². The number of nitrogens with zero attached hydrogens (tertiary/aromatic N) is 1. The highest BCUT2D eigenvalue weighted by Gasteiger charge is 2.35. The Kier molecular flexibility index (Phi) is 4.85. The van der Waals surface area contributed by atoms with Crippen LogP contribution in [0.5, 0.6) is 0 Å². The molecule has 0 saturated carbocycles. The third-order valence-corrected chi connectivity index (χ3v) is 5.99. The molecule has 1 fully saturated rings. The van der Waals surface area contributed by atoms with Gasteiger partial charge in [0.25, 0.3) is 5.91 Å². The minimum atomic E-state index is -3.19. The van der Waals surface area contributed by atoms with E-state index >= 15 is 0 Å². The Labute approximate surface area is 145 Å². The predicted molar refractivity (Wildman–Crippen MR) is 89.7 cm³/mol. The number of hydrogen-bond donors (Lipinski definition) is 0. The van der Waals surface area contributed by atoms with Gasteiger partial charge in [0.1, 0.15) is 11.6 Å². The molecule has 0 aliphatic carbocycles. The smallest absolute Gasteiger partial charge is 0.254 e. The fourth-order valence-corrected chi connectivity index (χ4v) is 4.71. The average molecular weight is 365 g/mol. The van der Waals surface area contributed by atoms with Gasteiger partial charge in [0.15, 0.2) is 9.84 Å². The fraction of sp³-hybridized carbons (Fsp3) is 0.278. The SMILES string of the molecule is O=C(c1ccc(F)cc1)N(Cc1cccc(F)c1)C1CCS(=O)(=O)C1. The van der Waals surface area contributed by atoms with Gasteiger partial charge in [0, 0.05) is 18.2 Å². The predicted octanol–water partition coefficient (Wildman–Crippen LogP) is 2.79. The summed E-state index contributed by atoms with van der Waals surface area (Å²) >= 11 is 0. The lowest BCUT2D eigenvalue weighted by atomic mass is 10.1. The van der Waals surface area contributed by atoms with Crippen molar-refractivity contribution in [2.75, 3.05) is 11.5 Å². The van der Waals surface area contributed by atoms with Gasteiger partial charge in [-0.2, -0.15) is 0 Å². The zero-order valence-corrected chi connectivity index (χ0v) is 14.2. The molecule has 0 N–H and O–H groups in total. The van der Waals surface area contributed by atoms with Gasteiger partial charge in [-0.15, -0.1) is 0 Å². The molecule has 0 spiro atoms. The van der Waals surface area contributed by atoms with Crippen molar-refractivity contribution in [3.63, 3.8) is 0 Å². The summed E-state index contributed by atoms with van der Waals surface area (Å²) in [5, 5.41) is 0. The maximum atomic E-state index is 13.4. The summed E-state index contributed by atoms with van der Waals surface area (Å²) in [6.45, 7) is 0.0914. The molecule has 1 aliphatic rings. The van der Waals surface area contributed by atoms with E-state index in [4.69, 9.17) is 0 Å². The highest BCUT2D eigenvalue weighted by molar-refractivity contribution is 7.91. The minimum absolute atomic E-state index is 0.0218. The van der Waals surface area contributed by atoms with Crippen molar-refractivity contribution in [3.05, 3.63) is 71.3 Å². The van der Waals surface area contributed by atoms with E-state index in [1.54, 1.807) is 6.07 Å². The fourth-order valence-electron chi connectivity index (χ4n) is 2.98. The topological polar surface area (TPSA) is 54.5 Å². The normalized spacial score (nSPS) is 18.9. The molecule has 1 amide bonds. The zero-order chi connectivity index (χ0) is 18.0. The third-order valence-electron chi connectivity index (χ3n) is 4.24. The molecule has 1 atom stereocenters. The van der Waals surface area contributed by atoms with Crippen LogP contribution in [0.4, 0.5) is 8.78 Å². The molecule has 1 saturated heterocycles. The van der Waals surface area contributed by atoms with Crippen LogP contribution in [0.1, 0.15) is 22.3 Å². The van der Waals surface area contributed by atoms with Crippen molar-refractivity contribution in [2.45, 2.75) is 19.0 Å². The summed E-state index contributed by atoms with van der Waals surface area (Å²) in [5.41, 5.74) is 0.835. The second kappa shape index (κ2) is 6.92. The molecular formula is C18H17F2NO3S. The number of hydrogen-bond acceptors (Lipinski definition) is 3. The molecule has 0 radical (unpaired) electrons. The van der Waals surface area contributed by atoms with Gasteiger partial charge in [-0.05, 0) is 48.4 Å². The van der Waals surface area contributed by atoms with Crippen molar-refractivity contribution < 1.29 is 22.0 Å².